The van der Waals surface area contributed by atoms with E-state index in [-0.39, 0.29) is 47.2 Å². The van der Waals surface area contributed by atoms with Gasteiger partial charge in [-0.1, -0.05) is 6.92 Å². The first kappa shape index (κ1) is 11.5. The smallest absolute Gasteiger partial charge is 0.0964 e. The minimum absolute atomic E-state index is 0. The van der Waals surface area contributed by atoms with Gasteiger partial charge in [0.1, 0.15) is 0 Å². The predicted molar refractivity (Wildman–Crippen MR) is 29.8 cm³/mol. The molecule has 0 bridgehead atoms. The quantitative estimate of drug-likeness (QED) is 0.736. The minimum Gasteiger partial charge on any atom is -0.383 e. The molecule has 1 unspecified atom stereocenters. The van der Waals surface area contributed by atoms with Gasteiger partial charge in [0.2, 0.25) is 0 Å². The standard InChI is InChI=1S/C4H10OS.Ce/c1-3-6-4(2)5;/h4-5H,3H2,1-2H3;. The Kier molecular flexibility index (Phi) is 12.6. The van der Waals surface area contributed by atoms with Gasteiger partial charge in [0.25, 0.3) is 0 Å². The van der Waals surface area contributed by atoms with Crippen molar-refractivity contribution in [3.63, 3.8) is 0 Å². The van der Waals surface area contributed by atoms with Gasteiger partial charge in [0.15, 0.2) is 0 Å². The van der Waals surface area contributed by atoms with Crippen LogP contribution < -0.4 is 0 Å². The monoisotopic (exact) mass is 246 g/mol. The summed E-state index contributed by atoms with van der Waals surface area (Å²) in [4.78, 5) is 0. The van der Waals surface area contributed by atoms with Gasteiger partial charge < -0.3 is 5.11 Å². The fourth-order valence-electron chi connectivity index (χ4n) is 0.241. The molecule has 0 aliphatic heterocycles. The molecule has 0 heterocycles. The molecular formula is C4H10CeOS. The molecule has 3 heteroatoms. The number of hydrogen-bond acceptors (Lipinski definition) is 2. The molecule has 0 amide bonds. The summed E-state index contributed by atoms with van der Waals surface area (Å²) in [5.41, 5.74) is -0.185. The van der Waals surface area contributed by atoms with Crippen molar-refractivity contribution in [2.24, 2.45) is 0 Å². The van der Waals surface area contributed by atoms with Gasteiger partial charge in [-0.3, -0.25) is 0 Å². The SMILES string of the molecule is CCSC(C)O.[Ce]. The number of thioether (sulfide) groups is 1. The molecule has 0 aromatic carbocycles. The molecule has 0 saturated carbocycles. The molecule has 0 aliphatic carbocycles. The normalized spacial score (nSPS) is 12.4. The van der Waals surface area contributed by atoms with E-state index < -0.39 is 0 Å². The Morgan fingerprint density at radius 3 is 2.14 bits per heavy atom. The first-order valence-electron chi connectivity index (χ1n) is 2.07. The van der Waals surface area contributed by atoms with Gasteiger partial charge >= 0.3 is 0 Å². The third kappa shape index (κ3) is 11.3. The Hall–Kier alpha value is 1.69. The van der Waals surface area contributed by atoms with Crippen LogP contribution in [0.4, 0.5) is 0 Å². The molecule has 0 rings (SSSR count). The van der Waals surface area contributed by atoms with E-state index >= 15 is 0 Å². The molecule has 7 heavy (non-hydrogen) atoms. The van der Waals surface area contributed by atoms with Crippen molar-refractivity contribution >= 4 is 11.8 Å². The molecule has 0 aliphatic rings. The summed E-state index contributed by atoms with van der Waals surface area (Å²) in [6, 6.07) is 0. The van der Waals surface area contributed by atoms with Crippen LogP contribution in [0.15, 0.2) is 0 Å². The summed E-state index contributed by atoms with van der Waals surface area (Å²) in [5, 5.41) is 8.52. The number of aliphatic hydroxyl groups is 1. The molecule has 0 saturated heterocycles. The van der Waals surface area contributed by atoms with Crippen LogP contribution in [0.5, 0.6) is 0 Å². The van der Waals surface area contributed by atoms with Crippen LogP contribution in [0.1, 0.15) is 13.8 Å². The van der Waals surface area contributed by atoms with Crippen LogP contribution in [-0.4, -0.2) is 16.3 Å². The first-order chi connectivity index (χ1) is 2.77. The van der Waals surface area contributed by atoms with Crippen LogP contribution >= 0.6 is 11.8 Å². The third-order valence-electron chi connectivity index (χ3n) is 0.408. The first-order valence-corrected chi connectivity index (χ1v) is 3.12. The molecule has 0 spiro atoms. The zero-order valence-electron chi connectivity index (χ0n) is 4.64. The Balaban J connectivity index is 0. The van der Waals surface area contributed by atoms with Crippen LogP contribution in [-0.2, 0) is 0 Å². The zero-order chi connectivity index (χ0) is 4.99. The molecule has 0 fully saturated rings. The zero-order valence-corrected chi connectivity index (χ0v) is 8.60. The van der Waals surface area contributed by atoms with Crippen molar-refractivity contribution in [2.75, 3.05) is 5.75 Å². The van der Waals surface area contributed by atoms with Crippen molar-refractivity contribution in [3.8, 4) is 0 Å². The van der Waals surface area contributed by atoms with E-state index in [1.54, 1.807) is 18.7 Å². The molecule has 0 aromatic heterocycles. The van der Waals surface area contributed by atoms with Gasteiger partial charge in [-0.25, -0.2) is 0 Å². The van der Waals surface area contributed by atoms with Crippen LogP contribution in [0.2, 0.25) is 0 Å². The predicted octanol–water partition coefficient (Wildman–Crippen LogP) is 1.08. The van der Waals surface area contributed by atoms with Crippen molar-refractivity contribution in [1.29, 1.82) is 0 Å². The van der Waals surface area contributed by atoms with E-state index in [0.717, 1.165) is 5.75 Å². The largest absolute Gasteiger partial charge is 0.383 e. The maximum absolute atomic E-state index is 8.52. The van der Waals surface area contributed by atoms with Crippen molar-refractivity contribution < 1.29 is 46.9 Å². The van der Waals surface area contributed by atoms with Crippen molar-refractivity contribution in [2.45, 2.75) is 19.3 Å². The molecule has 0 radical (unpaired) electrons. The van der Waals surface area contributed by atoms with Crippen LogP contribution in [0, 0.1) is 41.7 Å². The number of rotatable bonds is 2. The maximum atomic E-state index is 8.52. The molecule has 1 atom stereocenters. The average molecular weight is 246 g/mol. The third-order valence-corrected chi connectivity index (χ3v) is 1.22. The Morgan fingerprint density at radius 2 is 2.14 bits per heavy atom. The Bertz CT molecular complexity index is 32.9. The number of aliphatic hydroxyl groups excluding tert-OH is 1. The molecular weight excluding hydrogens is 236 g/mol. The molecule has 1 nitrogen and oxygen atoms in total. The van der Waals surface area contributed by atoms with Crippen molar-refractivity contribution in [1.82, 2.24) is 0 Å². The second-order valence-corrected chi connectivity index (χ2v) is 2.65. The van der Waals surface area contributed by atoms with E-state index in [1.165, 1.54) is 0 Å². The van der Waals surface area contributed by atoms with Gasteiger partial charge in [0, 0.05) is 41.7 Å². The van der Waals surface area contributed by atoms with E-state index in [1.807, 2.05) is 6.92 Å². The van der Waals surface area contributed by atoms with Gasteiger partial charge in [-0.2, -0.15) is 0 Å². The van der Waals surface area contributed by atoms with Gasteiger partial charge in [-0.05, 0) is 12.7 Å². The Labute approximate surface area is 82.6 Å². The molecule has 0 aromatic rings. The van der Waals surface area contributed by atoms with E-state index in [9.17, 15) is 0 Å². The van der Waals surface area contributed by atoms with E-state index in [0.29, 0.717) is 0 Å². The number of hydrogen-bond donors (Lipinski definition) is 1. The van der Waals surface area contributed by atoms with E-state index in [2.05, 4.69) is 0 Å². The van der Waals surface area contributed by atoms with E-state index in [4.69, 9.17) is 5.11 Å². The second-order valence-electron chi connectivity index (χ2n) is 1.05. The molecule has 1 N–H and O–H groups in total. The maximum Gasteiger partial charge on any atom is 0.0964 e. The topological polar surface area (TPSA) is 20.2 Å². The second kappa shape index (κ2) is 7.69. The summed E-state index contributed by atoms with van der Waals surface area (Å²) in [6.45, 7) is 3.80. The fraction of sp³-hybridized carbons (Fsp3) is 1.00. The summed E-state index contributed by atoms with van der Waals surface area (Å²) >= 11 is 1.54. The Morgan fingerprint density at radius 1 is 1.71 bits per heavy atom. The fourth-order valence-corrected chi connectivity index (χ4v) is 0.724. The summed E-state index contributed by atoms with van der Waals surface area (Å²) in [7, 11) is 0. The summed E-state index contributed by atoms with van der Waals surface area (Å²) < 4.78 is 0. The van der Waals surface area contributed by atoms with Gasteiger partial charge in [-0.15, -0.1) is 11.8 Å². The summed E-state index contributed by atoms with van der Waals surface area (Å²) in [5.74, 6) is 0.998. The minimum atomic E-state index is -0.185. The van der Waals surface area contributed by atoms with Crippen molar-refractivity contribution in [3.05, 3.63) is 0 Å². The average Bonchev–Trinajstić information content (AvgIpc) is 1.35. The summed E-state index contributed by atoms with van der Waals surface area (Å²) in [6.07, 6.45) is 0. The van der Waals surface area contributed by atoms with Gasteiger partial charge in [0.05, 0.1) is 5.44 Å². The van der Waals surface area contributed by atoms with Crippen LogP contribution in [0.25, 0.3) is 0 Å². The molecule has 42 valence electrons. The van der Waals surface area contributed by atoms with Crippen LogP contribution in [0.3, 0.4) is 0 Å².